The molecule has 2 N–H and O–H groups in total. The van der Waals surface area contributed by atoms with E-state index in [0.717, 1.165) is 25.1 Å². The standard InChI is InChI=1S/C16H24N6O/c1-3-9-17-10-11-18-16(23)15(22-13(2)19-20-21-22)12-14-7-5-4-6-8-14/h4-8,15,17H,3,9-12H2,1-2H3,(H,18,23). The summed E-state index contributed by atoms with van der Waals surface area (Å²) in [6, 6.07) is 9.45. The monoisotopic (exact) mass is 316 g/mol. The molecule has 7 nitrogen and oxygen atoms in total. The first-order valence-corrected chi connectivity index (χ1v) is 7.99. The zero-order chi connectivity index (χ0) is 16.5. The normalized spacial score (nSPS) is 12.1. The third-order valence-corrected chi connectivity index (χ3v) is 3.55. The average molecular weight is 316 g/mol. The molecule has 124 valence electrons. The van der Waals surface area contributed by atoms with Gasteiger partial charge in [-0.05, 0) is 35.9 Å². The Bertz CT molecular complexity index is 598. The van der Waals surface area contributed by atoms with E-state index in [1.807, 2.05) is 30.3 Å². The van der Waals surface area contributed by atoms with Gasteiger partial charge >= 0.3 is 0 Å². The summed E-state index contributed by atoms with van der Waals surface area (Å²) in [4.78, 5) is 12.6. The highest BCUT2D eigenvalue weighted by Gasteiger charge is 2.23. The second kappa shape index (κ2) is 8.99. The van der Waals surface area contributed by atoms with Crippen molar-refractivity contribution < 1.29 is 4.79 Å². The molecule has 2 aromatic rings. The van der Waals surface area contributed by atoms with E-state index in [9.17, 15) is 4.79 Å². The minimum absolute atomic E-state index is 0.0671. The molecule has 0 aliphatic rings. The second-order valence-corrected chi connectivity index (χ2v) is 5.42. The van der Waals surface area contributed by atoms with Crippen LogP contribution in [-0.2, 0) is 11.2 Å². The molecule has 1 aromatic heterocycles. The maximum Gasteiger partial charge on any atom is 0.245 e. The number of rotatable bonds is 9. The number of amides is 1. The lowest BCUT2D eigenvalue weighted by molar-refractivity contribution is -0.124. The number of nitrogens with one attached hydrogen (secondary N) is 2. The lowest BCUT2D eigenvalue weighted by Gasteiger charge is -2.17. The molecule has 1 atom stereocenters. The SMILES string of the molecule is CCCNCCNC(=O)C(Cc1ccccc1)n1nnnc1C. The summed E-state index contributed by atoms with van der Waals surface area (Å²) in [6.45, 7) is 6.21. The molecule has 0 saturated carbocycles. The number of hydrogen-bond acceptors (Lipinski definition) is 5. The van der Waals surface area contributed by atoms with E-state index in [4.69, 9.17) is 0 Å². The summed E-state index contributed by atoms with van der Waals surface area (Å²) in [5, 5.41) is 17.7. The van der Waals surface area contributed by atoms with Gasteiger partial charge in [0.2, 0.25) is 5.91 Å². The zero-order valence-corrected chi connectivity index (χ0v) is 13.7. The maximum atomic E-state index is 12.6. The summed E-state index contributed by atoms with van der Waals surface area (Å²) in [5.74, 6) is 0.563. The fourth-order valence-electron chi connectivity index (χ4n) is 2.35. The Labute approximate surface area is 136 Å². The van der Waals surface area contributed by atoms with Crippen molar-refractivity contribution in [2.24, 2.45) is 0 Å². The van der Waals surface area contributed by atoms with Gasteiger partial charge in [-0.25, -0.2) is 4.68 Å². The number of hydrogen-bond donors (Lipinski definition) is 2. The maximum absolute atomic E-state index is 12.6. The van der Waals surface area contributed by atoms with Crippen LogP contribution >= 0.6 is 0 Å². The topological polar surface area (TPSA) is 84.7 Å². The molecule has 2 rings (SSSR count). The van der Waals surface area contributed by atoms with Crippen molar-refractivity contribution in [3.8, 4) is 0 Å². The highest BCUT2D eigenvalue weighted by molar-refractivity contribution is 5.80. The molecule has 1 amide bonds. The Morgan fingerprint density at radius 3 is 2.65 bits per heavy atom. The van der Waals surface area contributed by atoms with Crippen LogP contribution in [-0.4, -0.2) is 45.7 Å². The van der Waals surface area contributed by atoms with E-state index in [1.54, 1.807) is 11.6 Å². The first-order valence-electron chi connectivity index (χ1n) is 7.99. The van der Waals surface area contributed by atoms with Crippen molar-refractivity contribution >= 4 is 5.91 Å². The molecular formula is C16H24N6O. The fraction of sp³-hybridized carbons (Fsp3) is 0.500. The van der Waals surface area contributed by atoms with Crippen LogP contribution in [0.5, 0.6) is 0 Å². The predicted molar refractivity (Wildman–Crippen MR) is 87.9 cm³/mol. The molecule has 7 heteroatoms. The van der Waals surface area contributed by atoms with Gasteiger partial charge in [-0.2, -0.15) is 0 Å². The number of benzene rings is 1. The van der Waals surface area contributed by atoms with Crippen molar-refractivity contribution in [3.63, 3.8) is 0 Å². The molecule has 0 bridgehead atoms. The van der Waals surface area contributed by atoms with Crippen LogP contribution in [0.25, 0.3) is 0 Å². The number of carbonyl (C=O) groups is 1. The third kappa shape index (κ3) is 5.14. The highest BCUT2D eigenvalue weighted by Crippen LogP contribution is 2.14. The number of aromatic nitrogens is 4. The van der Waals surface area contributed by atoms with Crippen LogP contribution in [0.2, 0.25) is 0 Å². The Balaban J connectivity index is 2.02. The van der Waals surface area contributed by atoms with Crippen molar-refractivity contribution in [1.29, 1.82) is 0 Å². The Hall–Kier alpha value is -2.28. The van der Waals surface area contributed by atoms with Gasteiger partial charge in [-0.15, -0.1) is 5.10 Å². The van der Waals surface area contributed by atoms with Crippen molar-refractivity contribution in [1.82, 2.24) is 30.8 Å². The van der Waals surface area contributed by atoms with Crippen molar-refractivity contribution in [2.75, 3.05) is 19.6 Å². The second-order valence-electron chi connectivity index (χ2n) is 5.42. The molecule has 0 saturated heterocycles. The number of carbonyl (C=O) groups excluding carboxylic acids is 1. The Morgan fingerprint density at radius 1 is 1.22 bits per heavy atom. The largest absolute Gasteiger partial charge is 0.353 e. The van der Waals surface area contributed by atoms with Crippen LogP contribution in [0.3, 0.4) is 0 Å². The van der Waals surface area contributed by atoms with Crippen LogP contribution in [0.15, 0.2) is 30.3 Å². The molecule has 0 aliphatic carbocycles. The predicted octanol–water partition coefficient (Wildman–Crippen LogP) is 0.881. The van der Waals surface area contributed by atoms with Gasteiger partial charge in [-0.3, -0.25) is 4.79 Å². The van der Waals surface area contributed by atoms with Crippen LogP contribution < -0.4 is 10.6 Å². The average Bonchev–Trinajstić information content (AvgIpc) is 2.99. The summed E-state index contributed by atoms with van der Waals surface area (Å²) >= 11 is 0. The van der Waals surface area contributed by atoms with Crippen molar-refractivity contribution in [2.45, 2.75) is 32.7 Å². The molecule has 23 heavy (non-hydrogen) atoms. The van der Waals surface area contributed by atoms with Gasteiger partial charge in [0, 0.05) is 19.5 Å². The number of aryl methyl sites for hydroxylation is 1. The van der Waals surface area contributed by atoms with Crippen molar-refractivity contribution in [3.05, 3.63) is 41.7 Å². The first kappa shape index (κ1) is 17.1. The van der Waals surface area contributed by atoms with Gasteiger partial charge in [0.15, 0.2) is 0 Å². The van der Waals surface area contributed by atoms with Gasteiger partial charge < -0.3 is 10.6 Å². The lowest BCUT2D eigenvalue weighted by atomic mass is 10.1. The summed E-state index contributed by atoms with van der Waals surface area (Å²) in [6.07, 6.45) is 1.63. The first-order chi connectivity index (χ1) is 11.2. The van der Waals surface area contributed by atoms with Gasteiger partial charge in [0.25, 0.3) is 0 Å². The molecule has 0 radical (unpaired) electrons. The van der Waals surface area contributed by atoms with Gasteiger partial charge in [-0.1, -0.05) is 37.3 Å². The fourth-order valence-corrected chi connectivity index (χ4v) is 2.35. The number of nitrogens with zero attached hydrogens (tertiary/aromatic N) is 4. The molecule has 0 spiro atoms. The molecule has 1 aromatic carbocycles. The zero-order valence-electron chi connectivity index (χ0n) is 13.7. The summed E-state index contributed by atoms with van der Waals surface area (Å²) in [7, 11) is 0. The molecule has 0 aliphatic heterocycles. The van der Waals surface area contributed by atoms with E-state index in [2.05, 4.69) is 33.1 Å². The summed E-state index contributed by atoms with van der Waals surface area (Å²) < 4.78 is 1.59. The van der Waals surface area contributed by atoms with Crippen LogP contribution in [0, 0.1) is 6.92 Å². The Morgan fingerprint density at radius 2 is 2.00 bits per heavy atom. The third-order valence-electron chi connectivity index (χ3n) is 3.55. The van der Waals surface area contributed by atoms with E-state index in [0.29, 0.717) is 18.8 Å². The minimum Gasteiger partial charge on any atom is -0.353 e. The summed E-state index contributed by atoms with van der Waals surface area (Å²) in [5.41, 5.74) is 1.08. The number of tetrazole rings is 1. The quantitative estimate of drug-likeness (QED) is 0.671. The molecule has 1 heterocycles. The van der Waals surface area contributed by atoms with E-state index >= 15 is 0 Å². The lowest BCUT2D eigenvalue weighted by Crippen LogP contribution is -2.38. The Kier molecular flexibility index (Phi) is 6.68. The van der Waals surface area contributed by atoms with E-state index in [-0.39, 0.29) is 5.91 Å². The van der Waals surface area contributed by atoms with E-state index < -0.39 is 6.04 Å². The van der Waals surface area contributed by atoms with Crippen LogP contribution in [0.1, 0.15) is 30.8 Å². The van der Waals surface area contributed by atoms with E-state index in [1.165, 1.54) is 0 Å². The minimum atomic E-state index is -0.446. The molecule has 1 unspecified atom stereocenters. The van der Waals surface area contributed by atoms with Gasteiger partial charge in [0.05, 0.1) is 0 Å². The molecular weight excluding hydrogens is 292 g/mol. The van der Waals surface area contributed by atoms with Gasteiger partial charge in [0.1, 0.15) is 11.9 Å². The highest BCUT2D eigenvalue weighted by atomic mass is 16.2. The van der Waals surface area contributed by atoms with Crippen LogP contribution in [0.4, 0.5) is 0 Å². The smallest absolute Gasteiger partial charge is 0.245 e. The molecule has 0 fully saturated rings.